The van der Waals surface area contributed by atoms with Crippen LogP contribution in [0.5, 0.6) is 0 Å². The highest BCUT2D eigenvalue weighted by atomic mass is 79.9. The quantitative estimate of drug-likeness (QED) is 0.895. The lowest BCUT2D eigenvalue weighted by Crippen LogP contribution is -2.33. The molecule has 0 saturated carbocycles. The normalized spacial score (nSPS) is 17.4. The molecule has 0 spiro atoms. The third-order valence-corrected chi connectivity index (χ3v) is 4.85. The number of para-hydroxylation sites is 1. The minimum Gasteiger partial charge on any atom is -0.384 e. The number of nitrogens with one attached hydrogen (secondary N) is 1. The maximum Gasteiger partial charge on any atom is 0.0372 e. The lowest BCUT2D eigenvalue weighted by Gasteiger charge is -2.29. The molecule has 1 aliphatic heterocycles. The van der Waals surface area contributed by atoms with Crippen molar-refractivity contribution in [1.29, 1.82) is 0 Å². The molecule has 1 heterocycles. The van der Waals surface area contributed by atoms with Gasteiger partial charge in [0.1, 0.15) is 0 Å². The molecule has 3 heteroatoms. The molecule has 1 aliphatic rings. The Morgan fingerprint density at radius 3 is 2.76 bits per heavy atom. The van der Waals surface area contributed by atoms with E-state index >= 15 is 0 Å². The first-order chi connectivity index (χ1) is 10.2. The molecule has 0 saturated heterocycles. The summed E-state index contributed by atoms with van der Waals surface area (Å²) in [6, 6.07) is 17.1. The van der Waals surface area contributed by atoms with Crippen molar-refractivity contribution in [3.8, 4) is 0 Å². The van der Waals surface area contributed by atoms with Gasteiger partial charge in [0.15, 0.2) is 0 Å². The minimum absolute atomic E-state index is 0.674. The van der Waals surface area contributed by atoms with Gasteiger partial charge in [0.05, 0.1) is 0 Å². The zero-order chi connectivity index (χ0) is 14.7. The molecule has 0 fully saturated rings. The maximum atomic E-state index is 3.63. The molecule has 3 rings (SSSR count). The van der Waals surface area contributed by atoms with Gasteiger partial charge in [-0.1, -0.05) is 52.3 Å². The summed E-state index contributed by atoms with van der Waals surface area (Å²) in [6.07, 6.45) is 1.17. The summed E-state index contributed by atoms with van der Waals surface area (Å²) in [5.41, 5.74) is 4.11. The van der Waals surface area contributed by atoms with Crippen LogP contribution >= 0.6 is 15.9 Å². The molecule has 1 N–H and O–H groups in total. The number of nitrogens with zero attached hydrogens (tertiary/aromatic N) is 1. The molecule has 0 radical (unpaired) electrons. The topological polar surface area (TPSA) is 15.3 Å². The predicted molar refractivity (Wildman–Crippen MR) is 92.6 cm³/mol. The Labute approximate surface area is 135 Å². The summed E-state index contributed by atoms with van der Waals surface area (Å²) < 4.78 is 1.20. The molecule has 0 amide bonds. The largest absolute Gasteiger partial charge is 0.384 e. The first-order valence-electron chi connectivity index (χ1n) is 7.46. The summed E-state index contributed by atoms with van der Waals surface area (Å²) in [5.74, 6) is 0.674. The van der Waals surface area contributed by atoms with Gasteiger partial charge in [-0.2, -0.15) is 0 Å². The van der Waals surface area contributed by atoms with Gasteiger partial charge >= 0.3 is 0 Å². The Hall–Kier alpha value is -1.32. The van der Waals surface area contributed by atoms with Crippen molar-refractivity contribution in [3.63, 3.8) is 0 Å². The lowest BCUT2D eigenvalue weighted by atomic mass is 9.93. The third kappa shape index (κ3) is 3.66. The average molecular weight is 345 g/mol. The van der Waals surface area contributed by atoms with Crippen LogP contribution < -0.4 is 5.32 Å². The van der Waals surface area contributed by atoms with Gasteiger partial charge in [-0.05, 0) is 42.6 Å². The van der Waals surface area contributed by atoms with Crippen molar-refractivity contribution in [2.45, 2.75) is 13.0 Å². The van der Waals surface area contributed by atoms with Gasteiger partial charge in [0.25, 0.3) is 0 Å². The van der Waals surface area contributed by atoms with Gasteiger partial charge in [0.2, 0.25) is 0 Å². The Morgan fingerprint density at radius 1 is 1.14 bits per heavy atom. The molecule has 0 bridgehead atoms. The fraction of sp³-hybridized carbons (Fsp3) is 0.333. The Balaban J connectivity index is 1.59. The van der Waals surface area contributed by atoms with Crippen LogP contribution in [0.3, 0.4) is 0 Å². The van der Waals surface area contributed by atoms with E-state index in [-0.39, 0.29) is 0 Å². The van der Waals surface area contributed by atoms with Crippen LogP contribution in [0, 0.1) is 5.92 Å². The van der Waals surface area contributed by atoms with Crippen LogP contribution in [0.1, 0.15) is 11.1 Å². The van der Waals surface area contributed by atoms with Crippen molar-refractivity contribution < 1.29 is 0 Å². The molecule has 2 aromatic carbocycles. The highest BCUT2D eigenvalue weighted by Crippen LogP contribution is 2.25. The SMILES string of the molecule is CN(Cc1ccccc1Br)CC1CNc2ccccc2C1. The molecular formula is C18H21BrN2. The Kier molecular flexibility index (Phi) is 4.61. The first-order valence-corrected chi connectivity index (χ1v) is 8.25. The fourth-order valence-electron chi connectivity index (χ4n) is 3.06. The Morgan fingerprint density at radius 2 is 1.90 bits per heavy atom. The third-order valence-electron chi connectivity index (χ3n) is 4.08. The molecule has 1 atom stereocenters. The second-order valence-corrected chi connectivity index (χ2v) is 6.75. The summed E-state index contributed by atoms with van der Waals surface area (Å²) >= 11 is 3.63. The van der Waals surface area contributed by atoms with Crippen molar-refractivity contribution >= 4 is 21.6 Å². The maximum absolute atomic E-state index is 3.63. The molecule has 21 heavy (non-hydrogen) atoms. The first kappa shape index (κ1) is 14.6. The predicted octanol–water partition coefficient (Wildman–Crippen LogP) is 4.17. The summed E-state index contributed by atoms with van der Waals surface area (Å²) in [4.78, 5) is 2.42. The van der Waals surface area contributed by atoms with E-state index in [4.69, 9.17) is 0 Å². The van der Waals surface area contributed by atoms with E-state index in [9.17, 15) is 0 Å². The number of halogens is 1. The molecule has 110 valence electrons. The standard InChI is InChI=1S/C18H21BrN2/c1-21(13-16-7-2-4-8-17(16)19)12-14-10-15-6-3-5-9-18(15)20-11-14/h2-9,14,20H,10-13H2,1H3. The number of hydrogen-bond acceptors (Lipinski definition) is 2. The van der Waals surface area contributed by atoms with Gasteiger partial charge in [0, 0.05) is 29.8 Å². The van der Waals surface area contributed by atoms with Gasteiger partial charge < -0.3 is 10.2 Å². The van der Waals surface area contributed by atoms with Crippen molar-refractivity contribution in [1.82, 2.24) is 4.90 Å². The summed E-state index contributed by atoms with van der Waals surface area (Å²) in [7, 11) is 2.21. The van der Waals surface area contributed by atoms with E-state index in [1.54, 1.807) is 0 Å². The molecule has 0 aromatic heterocycles. The van der Waals surface area contributed by atoms with Crippen LogP contribution in [0.25, 0.3) is 0 Å². The Bertz CT molecular complexity index is 612. The highest BCUT2D eigenvalue weighted by Gasteiger charge is 2.19. The second kappa shape index (κ2) is 6.63. The van der Waals surface area contributed by atoms with E-state index in [1.165, 1.54) is 27.7 Å². The van der Waals surface area contributed by atoms with E-state index in [1.807, 2.05) is 0 Å². The van der Waals surface area contributed by atoms with Crippen molar-refractivity contribution in [2.75, 3.05) is 25.5 Å². The number of hydrogen-bond donors (Lipinski definition) is 1. The number of benzene rings is 2. The number of fused-ring (bicyclic) bond motifs is 1. The molecule has 1 unspecified atom stereocenters. The van der Waals surface area contributed by atoms with E-state index in [2.05, 4.69) is 81.7 Å². The van der Waals surface area contributed by atoms with Crippen molar-refractivity contribution in [3.05, 3.63) is 64.1 Å². The fourth-order valence-corrected chi connectivity index (χ4v) is 3.47. The smallest absolute Gasteiger partial charge is 0.0372 e. The minimum atomic E-state index is 0.674. The number of anilines is 1. The highest BCUT2D eigenvalue weighted by molar-refractivity contribution is 9.10. The van der Waals surface area contributed by atoms with Gasteiger partial charge in [-0.3, -0.25) is 0 Å². The van der Waals surface area contributed by atoms with Gasteiger partial charge in [-0.25, -0.2) is 0 Å². The average Bonchev–Trinajstić information content (AvgIpc) is 2.49. The van der Waals surface area contributed by atoms with Crippen LogP contribution in [-0.4, -0.2) is 25.0 Å². The second-order valence-electron chi connectivity index (χ2n) is 5.90. The van der Waals surface area contributed by atoms with Crippen LogP contribution in [-0.2, 0) is 13.0 Å². The number of rotatable bonds is 4. The monoisotopic (exact) mass is 344 g/mol. The van der Waals surface area contributed by atoms with E-state index < -0.39 is 0 Å². The van der Waals surface area contributed by atoms with Crippen molar-refractivity contribution in [2.24, 2.45) is 5.92 Å². The zero-order valence-corrected chi connectivity index (χ0v) is 13.9. The van der Waals surface area contributed by atoms with Gasteiger partial charge in [-0.15, -0.1) is 0 Å². The zero-order valence-electron chi connectivity index (χ0n) is 12.3. The molecule has 2 nitrogen and oxygen atoms in total. The summed E-state index contributed by atoms with van der Waals surface area (Å²) in [5, 5.41) is 3.56. The summed E-state index contributed by atoms with van der Waals surface area (Å²) in [6.45, 7) is 3.17. The van der Waals surface area contributed by atoms with Crippen LogP contribution in [0.4, 0.5) is 5.69 Å². The van der Waals surface area contributed by atoms with E-state index in [0.717, 1.165) is 19.6 Å². The molecule has 2 aromatic rings. The lowest BCUT2D eigenvalue weighted by molar-refractivity contribution is 0.271. The van der Waals surface area contributed by atoms with E-state index in [0.29, 0.717) is 5.92 Å². The van der Waals surface area contributed by atoms with Crippen LogP contribution in [0.2, 0.25) is 0 Å². The molecular weight excluding hydrogens is 324 g/mol. The molecule has 0 aliphatic carbocycles. The van der Waals surface area contributed by atoms with Crippen LogP contribution in [0.15, 0.2) is 53.0 Å².